The highest BCUT2D eigenvalue weighted by Gasteiger charge is 2.64. The van der Waals surface area contributed by atoms with E-state index < -0.39 is 58.0 Å². The number of aromatic hydroxyl groups is 1. The molecule has 0 bridgehead atoms. The zero-order chi connectivity index (χ0) is 31.7. The number of aliphatic hydroxyl groups is 3. The van der Waals surface area contributed by atoms with Gasteiger partial charge in [0.25, 0.3) is 5.91 Å². The van der Waals surface area contributed by atoms with Gasteiger partial charge in [-0.3, -0.25) is 19.3 Å². The van der Waals surface area contributed by atoms with Crippen LogP contribution in [0.1, 0.15) is 31.4 Å². The lowest BCUT2D eigenvalue weighted by Crippen LogP contribution is -2.65. The van der Waals surface area contributed by atoms with Crippen LogP contribution >= 0.6 is 0 Å². The maximum absolute atomic E-state index is 14.2. The Balaban J connectivity index is 1.72. The minimum atomic E-state index is -2.68. The van der Waals surface area contributed by atoms with E-state index in [1.807, 2.05) is 63.2 Å². The molecule has 0 spiro atoms. The molecule has 0 radical (unpaired) electrons. The van der Waals surface area contributed by atoms with Crippen LogP contribution in [0.5, 0.6) is 5.75 Å². The van der Waals surface area contributed by atoms with Crippen LogP contribution in [0.2, 0.25) is 0 Å². The first kappa shape index (κ1) is 30.1. The summed E-state index contributed by atoms with van der Waals surface area (Å²) in [5, 5.41) is 49.5. The Morgan fingerprint density at radius 2 is 1.70 bits per heavy atom. The van der Waals surface area contributed by atoms with Crippen LogP contribution in [0.25, 0.3) is 16.9 Å². The van der Waals surface area contributed by atoms with Crippen molar-refractivity contribution >= 4 is 34.6 Å². The number of fused-ring (bicyclic) bond motifs is 3. The van der Waals surface area contributed by atoms with Gasteiger partial charge in [0.2, 0.25) is 5.78 Å². The smallest absolute Gasteiger partial charge is 0.255 e. The second-order valence-electron chi connectivity index (χ2n) is 12.4. The second-order valence-corrected chi connectivity index (χ2v) is 12.4. The first-order valence-corrected chi connectivity index (χ1v) is 14.2. The van der Waals surface area contributed by atoms with Crippen molar-refractivity contribution < 1.29 is 34.8 Å². The number of carbonyl (C=O) groups is 3. The number of phenolic OH excluding ortho intramolecular Hbond substituents is 1. The van der Waals surface area contributed by atoms with Crippen molar-refractivity contribution in [2.75, 3.05) is 38.4 Å². The van der Waals surface area contributed by atoms with Crippen molar-refractivity contribution in [1.82, 2.24) is 4.90 Å². The standard InChI is InChI=1S/C32H38N4O7/c1-14(2)34-17-9-7-15(8-10-17)18-13-21(35(3)4)19-11-16-12-20-25(36(5)6)28(39)24(31(33)42)30(41)32(20,43)29(40)22(16)27(38)23(19)26(18)37/h7-10,13-14,16,20,25,34,37-38,41,43H,11-12H2,1-6H3,(H2,33,42)/t16-,20-,25-,32-/m0/s1. The molecule has 43 heavy (non-hydrogen) atoms. The molecular weight excluding hydrogens is 552 g/mol. The van der Waals surface area contributed by atoms with Gasteiger partial charge in [-0.2, -0.15) is 0 Å². The van der Waals surface area contributed by atoms with Crippen molar-refractivity contribution in [3.8, 4) is 16.9 Å². The van der Waals surface area contributed by atoms with E-state index in [-0.39, 0.29) is 35.8 Å². The van der Waals surface area contributed by atoms with Crippen LogP contribution in [0.3, 0.4) is 0 Å². The highest BCUT2D eigenvalue weighted by molar-refractivity contribution is 6.24. The molecule has 3 aliphatic rings. The molecule has 0 aliphatic heterocycles. The lowest BCUT2D eigenvalue weighted by Gasteiger charge is -2.50. The Labute approximate surface area is 249 Å². The van der Waals surface area contributed by atoms with Gasteiger partial charge in [-0.15, -0.1) is 0 Å². The predicted molar refractivity (Wildman–Crippen MR) is 163 cm³/mol. The summed E-state index contributed by atoms with van der Waals surface area (Å²) >= 11 is 0. The molecule has 1 amide bonds. The number of hydrogen-bond acceptors (Lipinski definition) is 10. The van der Waals surface area contributed by atoms with Gasteiger partial charge in [0.15, 0.2) is 11.4 Å². The van der Waals surface area contributed by atoms with E-state index in [9.17, 15) is 34.8 Å². The van der Waals surface area contributed by atoms with Gasteiger partial charge >= 0.3 is 0 Å². The maximum Gasteiger partial charge on any atom is 0.255 e. The number of Topliss-reactive ketones (excluding diaryl/α,β-unsaturated/α-hetero) is 2. The molecular formula is C32H38N4O7. The lowest BCUT2D eigenvalue weighted by atomic mass is 9.57. The third kappa shape index (κ3) is 4.45. The zero-order valence-electron chi connectivity index (χ0n) is 25.1. The molecule has 11 nitrogen and oxygen atoms in total. The highest BCUT2D eigenvalue weighted by Crippen LogP contribution is 2.55. The normalized spacial score (nSPS) is 25.1. The summed E-state index contributed by atoms with van der Waals surface area (Å²) in [4.78, 5) is 43.0. The molecule has 228 valence electrons. The van der Waals surface area contributed by atoms with Crippen LogP contribution in [-0.4, -0.2) is 88.7 Å². The van der Waals surface area contributed by atoms with Gasteiger partial charge in [0, 0.05) is 48.6 Å². The van der Waals surface area contributed by atoms with Crippen molar-refractivity contribution in [3.05, 3.63) is 58.4 Å². The van der Waals surface area contributed by atoms with Crippen molar-refractivity contribution in [2.45, 2.75) is 44.4 Å². The van der Waals surface area contributed by atoms with Gasteiger partial charge in [-0.1, -0.05) is 12.1 Å². The second kappa shape index (κ2) is 10.4. The van der Waals surface area contributed by atoms with Crippen molar-refractivity contribution in [3.63, 3.8) is 0 Å². The van der Waals surface area contributed by atoms with Gasteiger partial charge < -0.3 is 36.4 Å². The summed E-state index contributed by atoms with van der Waals surface area (Å²) in [6.45, 7) is 4.05. The number of hydrogen-bond donors (Lipinski definition) is 6. The first-order valence-electron chi connectivity index (χ1n) is 14.2. The van der Waals surface area contributed by atoms with Crippen LogP contribution in [0, 0.1) is 11.8 Å². The molecule has 7 N–H and O–H groups in total. The minimum absolute atomic E-state index is 0.0332. The number of ketones is 2. The molecule has 4 atom stereocenters. The Kier molecular flexibility index (Phi) is 7.30. The fourth-order valence-corrected chi connectivity index (χ4v) is 6.99. The number of primary amides is 1. The van der Waals surface area contributed by atoms with E-state index in [0.717, 1.165) is 5.69 Å². The molecule has 2 aromatic carbocycles. The summed E-state index contributed by atoms with van der Waals surface area (Å²) < 4.78 is 0. The quantitative estimate of drug-likeness (QED) is 0.274. The number of anilines is 2. The van der Waals surface area contributed by atoms with Crippen molar-refractivity contribution in [2.24, 2.45) is 17.6 Å². The monoisotopic (exact) mass is 590 g/mol. The fraction of sp³-hybridized carbons (Fsp3) is 0.406. The van der Waals surface area contributed by atoms with Gasteiger partial charge in [0.05, 0.1) is 11.6 Å². The number of aliphatic hydroxyl groups excluding tert-OH is 2. The zero-order valence-corrected chi connectivity index (χ0v) is 25.1. The van der Waals surface area contributed by atoms with Gasteiger partial charge in [-0.05, 0) is 76.0 Å². The molecule has 0 unspecified atom stereocenters. The summed E-state index contributed by atoms with van der Waals surface area (Å²) in [5.74, 6) is -6.71. The van der Waals surface area contributed by atoms with Crippen molar-refractivity contribution in [1.29, 1.82) is 0 Å². The molecule has 0 aromatic heterocycles. The molecule has 1 fully saturated rings. The number of carbonyl (C=O) groups excluding carboxylic acids is 3. The Bertz CT molecular complexity index is 1610. The fourth-order valence-electron chi connectivity index (χ4n) is 6.99. The minimum Gasteiger partial charge on any atom is -0.508 e. The number of phenols is 1. The first-order chi connectivity index (χ1) is 20.1. The number of rotatable bonds is 6. The number of nitrogens with one attached hydrogen (secondary N) is 1. The number of amides is 1. The largest absolute Gasteiger partial charge is 0.508 e. The van der Waals surface area contributed by atoms with E-state index >= 15 is 0 Å². The average molecular weight is 591 g/mol. The third-order valence-corrected chi connectivity index (χ3v) is 8.83. The lowest BCUT2D eigenvalue weighted by molar-refractivity contribution is -0.153. The van der Waals surface area contributed by atoms with Gasteiger partial charge in [-0.25, -0.2) is 0 Å². The number of likely N-dealkylation sites (N-methyl/N-ethyl adjacent to an activating group) is 1. The Morgan fingerprint density at radius 3 is 2.23 bits per heavy atom. The molecule has 5 rings (SSSR count). The van der Waals surface area contributed by atoms with E-state index in [1.54, 1.807) is 14.1 Å². The molecule has 3 aliphatic carbocycles. The SMILES string of the molecule is CC(C)Nc1ccc(-c2cc(N(C)C)c3c(c2O)C(O)=C2C(=O)[C@]4(O)C(O)=C(C(N)=O)C(=O)[C@@H](N(C)C)[C@@H]4C[C@@H]2C3)cc1. The van der Waals surface area contributed by atoms with Crippen LogP contribution in [0.4, 0.5) is 11.4 Å². The molecule has 1 saturated carbocycles. The van der Waals surface area contributed by atoms with E-state index in [0.29, 0.717) is 22.4 Å². The van der Waals surface area contributed by atoms with Crippen LogP contribution in [0.15, 0.2) is 47.2 Å². The molecule has 0 heterocycles. The number of nitrogens with two attached hydrogens (primary N) is 1. The Hall–Kier alpha value is -4.35. The predicted octanol–water partition coefficient (Wildman–Crippen LogP) is 2.52. The number of benzene rings is 2. The molecule has 11 heteroatoms. The summed E-state index contributed by atoms with van der Waals surface area (Å²) in [6.07, 6.45) is 0.249. The highest BCUT2D eigenvalue weighted by atomic mass is 16.3. The topological polar surface area (TPSA) is 177 Å². The summed E-state index contributed by atoms with van der Waals surface area (Å²) in [5.41, 5.74) is 5.10. The van der Waals surface area contributed by atoms with E-state index in [2.05, 4.69) is 5.32 Å². The molecule has 2 aromatic rings. The maximum atomic E-state index is 14.2. The van der Waals surface area contributed by atoms with Gasteiger partial charge in [0.1, 0.15) is 22.8 Å². The van der Waals surface area contributed by atoms with E-state index in [1.165, 1.54) is 4.90 Å². The Morgan fingerprint density at radius 1 is 1.07 bits per heavy atom. The third-order valence-electron chi connectivity index (χ3n) is 8.83. The van der Waals surface area contributed by atoms with E-state index in [4.69, 9.17) is 5.73 Å². The molecule has 0 saturated heterocycles. The van der Waals surface area contributed by atoms with Crippen LogP contribution in [-0.2, 0) is 20.8 Å². The average Bonchev–Trinajstić information content (AvgIpc) is 2.90. The number of nitrogens with zero attached hydrogens (tertiary/aromatic N) is 2. The summed E-state index contributed by atoms with van der Waals surface area (Å²) in [6, 6.07) is 8.38. The summed E-state index contributed by atoms with van der Waals surface area (Å²) in [7, 11) is 6.82. The van der Waals surface area contributed by atoms with Crippen LogP contribution < -0.4 is 16.0 Å².